The Labute approximate surface area is 233 Å². The summed E-state index contributed by atoms with van der Waals surface area (Å²) in [4.78, 5) is 65.4. The number of rotatable bonds is 11. The highest BCUT2D eigenvalue weighted by molar-refractivity contribution is 6.38. The molecular weight excluding hydrogens is 508 g/mol. The molecule has 0 radical (unpaired) electrons. The molecule has 8 nitrogen and oxygen atoms in total. The third-order valence-electron chi connectivity index (χ3n) is 7.12. The van der Waals surface area contributed by atoms with Crippen molar-refractivity contribution in [1.29, 1.82) is 0 Å². The standard InChI is InChI=1S/C32H36N2O6/c1-32(2,3)34-31(39)29(37)24(17-21-13-9-14-25(21)35)33-30(38)23(16-20-10-5-4-6-11-20)18-26(36)28-19-22-12-7-8-15-27(22)40-28/h4-8,10-12,15,19,21,23-24H,9,13-14,16-18H2,1-3H3,(H,33,38)(H,34,39)/t21-,23+,24-/m0/s1. The van der Waals surface area contributed by atoms with Gasteiger partial charge < -0.3 is 15.1 Å². The molecule has 1 fully saturated rings. The molecule has 4 rings (SSSR count). The van der Waals surface area contributed by atoms with Crippen molar-refractivity contribution in [3.63, 3.8) is 0 Å². The Hall–Kier alpha value is -4.07. The number of ketones is 3. The number of hydrogen-bond acceptors (Lipinski definition) is 6. The molecule has 1 aromatic heterocycles. The van der Waals surface area contributed by atoms with Crippen molar-refractivity contribution < 1.29 is 28.4 Å². The minimum Gasteiger partial charge on any atom is -0.453 e. The molecule has 1 heterocycles. The summed E-state index contributed by atoms with van der Waals surface area (Å²) < 4.78 is 5.73. The van der Waals surface area contributed by atoms with E-state index in [0.29, 0.717) is 18.4 Å². The quantitative estimate of drug-likeness (QED) is 0.269. The lowest BCUT2D eigenvalue weighted by Crippen LogP contribution is -2.53. The average Bonchev–Trinajstić information content (AvgIpc) is 3.53. The van der Waals surface area contributed by atoms with Crippen LogP contribution in [-0.4, -0.2) is 40.7 Å². The van der Waals surface area contributed by atoms with Gasteiger partial charge >= 0.3 is 0 Å². The molecule has 2 N–H and O–H groups in total. The number of nitrogens with one attached hydrogen (secondary N) is 2. The number of para-hydroxylation sites is 1. The van der Waals surface area contributed by atoms with Crippen LogP contribution in [-0.2, 0) is 25.6 Å². The molecule has 0 bridgehead atoms. The largest absolute Gasteiger partial charge is 0.453 e. The van der Waals surface area contributed by atoms with E-state index in [0.717, 1.165) is 17.4 Å². The molecule has 8 heteroatoms. The molecule has 40 heavy (non-hydrogen) atoms. The van der Waals surface area contributed by atoms with Gasteiger partial charge in [0.1, 0.15) is 11.4 Å². The van der Waals surface area contributed by atoms with Gasteiger partial charge in [-0.15, -0.1) is 0 Å². The zero-order valence-corrected chi connectivity index (χ0v) is 23.2. The fraction of sp³-hybridized carbons (Fsp3) is 0.406. The molecule has 2 amide bonds. The summed E-state index contributed by atoms with van der Waals surface area (Å²) in [5, 5.41) is 6.19. The topological polar surface area (TPSA) is 123 Å². The van der Waals surface area contributed by atoms with E-state index in [1.54, 1.807) is 32.9 Å². The number of furan rings is 1. The van der Waals surface area contributed by atoms with Crippen molar-refractivity contribution in [2.24, 2.45) is 11.8 Å². The van der Waals surface area contributed by atoms with Gasteiger partial charge in [0, 0.05) is 35.6 Å². The molecule has 0 unspecified atom stereocenters. The smallest absolute Gasteiger partial charge is 0.290 e. The van der Waals surface area contributed by atoms with Gasteiger partial charge in [-0.2, -0.15) is 0 Å². The lowest BCUT2D eigenvalue weighted by Gasteiger charge is -2.25. The average molecular weight is 545 g/mol. The zero-order chi connectivity index (χ0) is 28.9. The molecule has 1 aliphatic carbocycles. The number of benzene rings is 2. The van der Waals surface area contributed by atoms with E-state index in [-0.39, 0.29) is 36.6 Å². The Kier molecular flexibility index (Phi) is 8.97. The van der Waals surface area contributed by atoms with Gasteiger partial charge in [-0.25, -0.2) is 0 Å². The van der Waals surface area contributed by atoms with Crippen LogP contribution in [0.4, 0.5) is 0 Å². The highest BCUT2D eigenvalue weighted by Crippen LogP contribution is 2.27. The van der Waals surface area contributed by atoms with Gasteiger partial charge in [0.25, 0.3) is 5.91 Å². The fourth-order valence-corrected chi connectivity index (χ4v) is 5.10. The third-order valence-corrected chi connectivity index (χ3v) is 7.12. The van der Waals surface area contributed by atoms with E-state index >= 15 is 0 Å². The van der Waals surface area contributed by atoms with E-state index in [2.05, 4.69) is 10.6 Å². The number of carbonyl (C=O) groups excluding carboxylic acids is 5. The highest BCUT2D eigenvalue weighted by atomic mass is 16.3. The van der Waals surface area contributed by atoms with Crippen LogP contribution in [0, 0.1) is 11.8 Å². The summed E-state index contributed by atoms with van der Waals surface area (Å²) in [6.07, 6.45) is 1.90. The summed E-state index contributed by atoms with van der Waals surface area (Å²) in [5.74, 6) is -3.53. The SMILES string of the molecule is CC(C)(C)NC(=O)C(=O)[C@H](C[C@@H]1CCCC1=O)NC(=O)[C@@H](CC(=O)c1cc2ccccc2o1)Cc1ccccc1. The highest BCUT2D eigenvalue weighted by Gasteiger charge is 2.36. The van der Waals surface area contributed by atoms with Gasteiger partial charge in [-0.05, 0) is 64.2 Å². The van der Waals surface area contributed by atoms with Crippen LogP contribution in [0.25, 0.3) is 11.0 Å². The lowest BCUT2D eigenvalue weighted by atomic mass is 9.90. The van der Waals surface area contributed by atoms with E-state index in [4.69, 9.17) is 4.42 Å². The van der Waals surface area contributed by atoms with Crippen molar-refractivity contribution in [2.75, 3.05) is 0 Å². The molecule has 0 spiro atoms. The monoisotopic (exact) mass is 544 g/mol. The van der Waals surface area contributed by atoms with Crippen LogP contribution in [0.5, 0.6) is 0 Å². The zero-order valence-electron chi connectivity index (χ0n) is 23.2. The Morgan fingerprint density at radius 3 is 2.35 bits per heavy atom. The van der Waals surface area contributed by atoms with Crippen molar-refractivity contribution in [2.45, 2.75) is 70.9 Å². The predicted octanol–water partition coefficient (Wildman–Crippen LogP) is 4.59. The molecule has 3 atom stereocenters. The number of hydrogen-bond donors (Lipinski definition) is 2. The Bertz CT molecular complexity index is 1370. The first-order chi connectivity index (χ1) is 19.0. The number of Topliss-reactive ketones (excluding diaryl/α,β-unsaturated/α-hetero) is 3. The second kappa shape index (κ2) is 12.4. The normalized spacial score (nSPS) is 16.9. The van der Waals surface area contributed by atoms with Crippen LogP contribution in [0.15, 0.2) is 65.1 Å². The van der Waals surface area contributed by atoms with E-state index in [9.17, 15) is 24.0 Å². The summed E-state index contributed by atoms with van der Waals surface area (Å²) in [6.45, 7) is 5.27. The van der Waals surface area contributed by atoms with Crippen LogP contribution < -0.4 is 10.6 Å². The Morgan fingerprint density at radius 1 is 1.00 bits per heavy atom. The second-order valence-corrected chi connectivity index (χ2v) is 11.6. The number of carbonyl (C=O) groups is 5. The van der Waals surface area contributed by atoms with Crippen molar-refractivity contribution >= 4 is 40.1 Å². The van der Waals surface area contributed by atoms with Crippen LogP contribution in [0.1, 0.15) is 69.0 Å². The molecule has 2 aromatic carbocycles. The van der Waals surface area contributed by atoms with Gasteiger partial charge in [0.05, 0.1) is 6.04 Å². The molecule has 1 aliphatic rings. The first-order valence-electron chi connectivity index (χ1n) is 13.8. The van der Waals surface area contributed by atoms with E-state index in [1.807, 2.05) is 48.5 Å². The van der Waals surface area contributed by atoms with Crippen molar-refractivity contribution in [3.05, 3.63) is 72.0 Å². The molecule has 0 aliphatic heterocycles. The summed E-state index contributed by atoms with van der Waals surface area (Å²) in [7, 11) is 0. The summed E-state index contributed by atoms with van der Waals surface area (Å²) in [6, 6.07) is 17.0. The molecular formula is C32H36N2O6. The molecule has 0 saturated heterocycles. The van der Waals surface area contributed by atoms with Crippen LogP contribution >= 0.6 is 0 Å². The first-order valence-corrected chi connectivity index (χ1v) is 13.8. The van der Waals surface area contributed by atoms with E-state index < -0.39 is 41.0 Å². The molecule has 1 saturated carbocycles. The third kappa shape index (κ3) is 7.52. The Balaban J connectivity index is 1.57. The van der Waals surface area contributed by atoms with Crippen LogP contribution in [0.2, 0.25) is 0 Å². The van der Waals surface area contributed by atoms with Gasteiger partial charge in [-0.3, -0.25) is 24.0 Å². The summed E-state index contributed by atoms with van der Waals surface area (Å²) >= 11 is 0. The second-order valence-electron chi connectivity index (χ2n) is 11.6. The fourth-order valence-electron chi connectivity index (χ4n) is 5.10. The Morgan fingerprint density at radius 2 is 1.70 bits per heavy atom. The maximum absolute atomic E-state index is 13.7. The maximum atomic E-state index is 13.7. The maximum Gasteiger partial charge on any atom is 0.290 e. The first kappa shape index (κ1) is 28.9. The number of amides is 2. The van der Waals surface area contributed by atoms with Gasteiger partial charge in [0.15, 0.2) is 11.5 Å². The van der Waals surface area contributed by atoms with Gasteiger partial charge in [-0.1, -0.05) is 48.5 Å². The molecule has 210 valence electrons. The molecule has 3 aromatic rings. The van der Waals surface area contributed by atoms with Crippen LogP contribution in [0.3, 0.4) is 0 Å². The number of fused-ring (bicyclic) bond motifs is 1. The minimum atomic E-state index is -1.18. The van der Waals surface area contributed by atoms with Gasteiger partial charge in [0.2, 0.25) is 11.7 Å². The predicted molar refractivity (Wildman–Crippen MR) is 151 cm³/mol. The van der Waals surface area contributed by atoms with Crippen molar-refractivity contribution in [1.82, 2.24) is 10.6 Å². The van der Waals surface area contributed by atoms with E-state index in [1.165, 1.54) is 0 Å². The summed E-state index contributed by atoms with van der Waals surface area (Å²) in [5.41, 5.74) is 0.769. The van der Waals surface area contributed by atoms with Crippen molar-refractivity contribution in [3.8, 4) is 0 Å². The minimum absolute atomic E-state index is 0.0316. The lowest BCUT2D eigenvalue weighted by molar-refractivity contribution is -0.141.